The maximum atomic E-state index is 5.38. The number of hydrogen-bond donors (Lipinski definition) is 2. The predicted molar refractivity (Wildman–Crippen MR) is 117 cm³/mol. The number of rotatable bonds is 9. The Morgan fingerprint density at radius 1 is 1.20 bits per heavy atom. The molecule has 0 saturated carbocycles. The number of guanidine groups is 1. The van der Waals surface area contributed by atoms with Crippen molar-refractivity contribution in [3.8, 4) is 0 Å². The summed E-state index contributed by atoms with van der Waals surface area (Å²) in [5.74, 6) is 0.972. The zero-order chi connectivity index (χ0) is 16.9. The first kappa shape index (κ1) is 22.7. The zero-order valence-electron chi connectivity index (χ0n) is 15.9. The van der Waals surface area contributed by atoms with E-state index >= 15 is 0 Å². The Kier molecular flexibility index (Phi) is 13.4. The van der Waals surface area contributed by atoms with Crippen LogP contribution in [0.3, 0.4) is 0 Å². The van der Waals surface area contributed by atoms with Crippen LogP contribution in [-0.2, 0) is 4.74 Å². The lowest BCUT2D eigenvalue weighted by Crippen LogP contribution is -2.38. The number of halogens is 1. The number of allylic oxidation sites excluding steroid dienone is 1. The molecule has 0 bridgehead atoms. The zero-order valence-corrected chi connectivity index (χ0v) is 18.2. The molecule has 0 aromatic carbocycles. The Morgan fingerprint density at radius 2 is 2.04 bits per heavy atom. The van der Waals surface area contributed by atoms with Crippen LogP contribution in [0.15, 0.2) is 16.6 Å². The molecule has 5 nitrogen and oxygen atoms in total. The van der Waals surface area contributed by atoms with Crippen molar-refractivity contribution in [1.29, 1.82) is 0 Å². The largest absolute Gasteiger partial charge is 0.379 e. The molecule has 0 spiro atoms. The normalized spacial score (nSPS) is 19.1. The van der Waals surface area contributed by atoms with Crippen molar-refractivity contribution in [1.82, 2.24) is 15.5 Å². The fourth-order valence-electron chi connectivity index (χ4n) is 3.28. The lowest BCUT2D eigenvalue weighted by Gasteiger charge is -2.26. The van der Waals surface area contributed by atoms with Crippen molar-refractivity contribution in [3.05, 3.63) is 11.6 Å². The molecule has 1 heterocycles. The summed E-state index contributed by atoms with van der Waals surface area (Å²) in [7, 11) is 0. The molecule has 146 valence electrons. The highest BCUT2D eigenvalue weighted by atomic mass is 127. The Balaban J connectivity index is 0.00000312. The highest BCUT2D eigenvalue weighted by molar-refractivity contribution is 14.0. The van der Waals surface area contributed by atoms with Crippen LogP contribution < -0.4 is 10.6 Å². The molecule has 6 heteroatoms. The minimum Gasteiger partial charge on any atom is -0.379 e. The van der Waals surface area contributed by atoms with Crippen LogP contribution in [0.4, 0.5) is 0 Å². The van der Waals surface area contributed by atoms with Crippen LogP contribution in [0.25, 0.3) is 0 Å². The van der Waals surface area contributed by atoms with Crippen LogP contribution in [0.2, 0.25) is 0 Å². The quantitative estimate of drug-likeness (QED) is 0.181. The summed E-state index contributed by atoms with van der Waals surface area (Å²) in [6, 6.07) is 0. The van der Waals surface area contributed by atoms with Crippen LogP contribution in [0.5, 0.6) is 0 Å². The van der Waals surface area contributed by atoms with Gasteiger partial charge in [0, 0.05) is 32.7 Å². The smallest absolute Gasteiger partial charge is 0.191 e. The molecule has 0 radical (unpaired) electrons. The third kappa shape index (κ3) is 10.4. The van der Waals surface area contributed by atoms with Gasteiger partial charge in [-0.3, -0.25) is 9.89 Å². The summed E-state index contributed by atoms with van der Waals surface area (Å²) >= 11 is 0. The van der Waals surface area contributed by atoms with E-state index in [9.17, 15) is 0 Å². The number of hydrogen-bond acceptors (Lipinski definition) is 3. The number of aliphatic imine (C=N–C) groups is 1. The van der Waals surface area contributed by atoms with E-state index in [4.69, 9.17) is 9.73 Å². The Morgan fingerprint density at radius 3 is 2.76 bits per heavy atom. The van der Waals surface area contributed by atoms with Gasteiger partial charge >= 0.3 is 0 Å². The third-order valence-electron chi connectivity index (χ3n) is 4.72. The number of unbranched alkanes of at least 4 members (excludes halogenated alkanes) is 1. The van der Waals surface area contributed by atoms with Gasteiger partial charge in [-0.15, -0.1) is 24.0 Å². The van der Waals surface area contributed by atoms with Gasteiger partial charge in [-0.05, 0) is 58.4 Å². The van der Waals surface area contributed by atoms with Gasteiger partial charge < -0.3 is 15.4 Å². The maximum absolute atomic E-state index is 5.38. The van der Waals surface area contributed by atoms with Crippen LogP contribution in [0, 0.1) is 0 Å². The lowest BCUT2D eigenvalue weighted by atomic mass is 9.97. The second kappa shape index (κ2) is 14.8. The molecule has 1 aliphatic carbocycles. The monoisotopic (exact) mass is 464 g/mol. The van der Waals surface area contributed by atoms with E-state index in [1.807, 2.05) is 0 Å². The third-order valence-corrected chi connectivity index (χ3v) is 4.72. The molecule has 0 amide bonds. The molecule has 2 N–H and O–H groups in total. The average molecular weight is 464 g/mol. The Labute approximate surface area is 171 Å². The summed E-state index contributed by atoms with van der Waals surface area (Å²) in [5.41, 5.74) is 1.62. The number of nitrogens with zero attached hydrogens (tertiary/aromatic N) is 2. The van der Waals surface area contributed by atoms with E-state index in [1.54, 1.807) is 5.57 Å². The molecule has 0 aromatic heterocycles. The average Bonchev–Trinajstić information content (AvgIpc) is 2.63. The highest BCUT2D eigenvalue weighted by Crippen LogP contribution is 2.19. The van der Waals surface area contributed by atoms with Gasteiger partial charge in [-0.2, -0.15) is 0 Å². The first-order chi connectivity index (χ1) is 11.9. The van der Waals surface area contributed by atoms with Gasteiger partial charge in [0.25, 0.3) is 0 Å². The molecule has 2 rings (SSSR count). The minimum absolute atomic E-state index is 0. The number of morpholine rings is 1. The molecule has 1 saturated heterocycles. The van der Waals surface area contributed by atoms with Gasteiger partial charge in [0.15, 0.2) is 5.96 Å². The van der Waals surface area contributed by atoms with Crippen molar-refractivity contribution in [2.24, 2.45) is 4.99 Å². The van der Waals surface area contributed by atoms with E-state index in [0.717, 1.165) is 64.7 Å². The summed E-state index contributed by atoms with van der Waals surface area (Å²) in [6.07, 6.45) is 11.2. The lowest BCUT2D eigenvalue weighted by molar-refractivity contribution is 0.0373. The second-order valence-electron chi connectivity index (χ2n) is 6.71. The van der Waals surface area contributed by atoms with Gasteiger partial charge in [-0.25, -0.2) is 0 Å². The van der Waals surface area contributed by atoms with Crippen LogP contribution >= 0.6 is 24.0 Å². The van der Waals surface area contributed by atoms with Gasteiger partial charge in [0.05, 0.1) is 13.2 Å². The molecule has 1 fully saturated rings. The predicted octanol–water partition coefficient (Wildman–Crippen LogP) is 3.16. The first-order valence-electron chi connectivity index (χ1n) is 9.88. The SMILES string of the molecule is CCNC(=NCCCCN1CCOCC1)NCCC1=CCCCC1.I. The Hall–Kier alpha value is -0.340. The van der Waals surface area contributed by atoms with Crippen molar-refractivity contribution in [3.63, 3.8) is 0 Å². The van der Waals surface area contributed by atoms with Crippen LogP contribution in [-0.4, -0.2) is 63.3 Å². The van der Waals surface area contributed by atoms with Gasteiger partial charge in [0.2, 0.25) is 0 Å². The standard InChI is InChI=1S/C19H36N4O.HI/c1-2-20-19(22-12-10-18-8-4-3-5-9-18)21-11-6-7-13-23-14-16-24-17-15-23;/h8H,2-7,9-17H2,1H3,(H2,20,21,22);1H. The summed E-state index contributed by atoms with van der Waals surface area (Å²) < 4.78 is 5.38. The van der Waals surface area contributed by atoms with E-state index in [-0.39, 0.29) is 24.0 Å². The van der Waals surface area contributed by atoms with E-state index in [1.165, 1.54) is 38.6 Å². The Bertz CT molecular complexity index is 395. The summed E-state index contributed by atoms with van der Waals surface area (Å²) in [6.45, 7) is 10.1. The maximum Gasteiger partial charge on any atom is 0.191 e. The van der Waals surface area contributed by atoms with Crippen molar-refractivity contribution in [2.75, 3.05) is 52.5 Å². The number of ether oxygens (including phenoxy) is 1. The first-order valence-corrected chi connectivity index (χ1v) is 9.88. The minimum atomic E-state index is 0. The number of nitrogens with one attached hydrogen (secondary N) is 2. The van der Waals surface area contributed by atoms with Crippen molar-refractivity contribution >= 4 is 29.9 Å². The van der Waals surface area contributed by atoms with Crippen LogP contribution in [0.1, 0.15) is 51.9 Å². The molecular formula is C19H37IN4O. The molecule has 2 aliphatic rings. The fraction of sp³-hybridized carbons (Fsp3) is 0.842. The molecule has 25 heavy (non-hydrogen) atoms. The van der Waals surface area contributed by atoms with Crippen molar-refractivity contribution in [2.45, 2.75) is 51.9 Å². The van der Waals surface area contributed by atoms with E-state index in [0.29, 0.717) is 0 Å². The van der Waals surface area contributed by atoms with Gasteiger partial charge in [-0.1, -0.05) is 11.6 Å². The fourth-order valence-corrected chi connectivity index (χ4v) is 3.28. The molecular weight excluding hydrogens is 427 g/mol. The van der Waals surface area contributed by atoms with E-state index < -0.39 is 0 Å². The molecule has 0 atom stereocenters. The molecule has 0 aromatic rings. The van der Waals surface area contributed by atoms with Crippen molar-refractivity contribution < 1.29 is 4.74 Å². The molecule has 1 aliphatic heterocycles. The molecule has 0 unspecified atom stereocenters. The van der Waals surface area contributed by atoms with Gasteiger partial charge in [0.1, 0.15) is 0 Å². The second-order valence-corrected chi connectivity index (χ2v) is 6.71. The summed E-state index contributed by atoms with van der Waals surface area (Å²) in [5, 5.41) is 6.83. The highest BCUT2D eigenvalue weighted by Gasteiger charge is 2.09. The van der Waals surface area contributed by atoms with E-state index in [2.05, 4.69) is 28.5 Å². The topological polar surface area (TPSA) is 48.9 Å². The summed E-state index contributed by atoms with van der Waals surface area (Å²) in [4.78, 5) is 7.21.